The average Bonchev–Trinajstić information content (AvgIpc) is 2.08. The van der Waals surface area contributed by atoms with E-state index in [0.717, 1.165) is 10.5 Å². The minimum atomic E-state index is -4.42. The van der Waals surface area contributed by atoms with E-state index < -0.39 is 12.3 Å². The van der Waals surface area contributed by atoms with E-state index in [0.29, 0.717) is 0 Å². The van der Waals surface area contributed by atoms with Crippen molar-refractivity contribution in [3.63, 3.8) is 0 Å². The minimum Gasteiger partial charge on any atom is -0.464 e. The smallest absolute Gasteiger partial charge is 0.425 e. The number of rotatable bonds is 2. The number of alkyl halides is 3. The highest BCUT2D eigenvalue weighted by molar-refractivity contribution is 14.1. The second-order valence-electron chi connectivity index (χ2n) is 2.74. The molecule has 0 spiro atoms. The predicted octanol–water partition coefficient (Wildman–Crippen LogP) is 3.67. The van der Waals surface area contributed by atoms with Crippen LogP contribution in [0.2, 0.25) is 5.02 Å². The van der Waals surface area contributed by atoms with Gasteiger partial charge in [-0.25, -0.2) is 4.98 Å². The van der Waals surface area contributed by atoms with Gasteiger partial charge in [-0.05, 0) is 35.6 Å². The van der Waals surface area contributed by atoms with Crippen molar-refractivity contribution in [1.29, 1.82) is 0 Å². The third kappa shape index (κ3) is 3.67. The molecule has 1 atom stereocenters. The Morgan fingerprint density at radius 1 is 1.53 bits per heavy atom. The first-order valence-electron chi connectivity index (χ1n) is 3.85. The van der Waals surface area contributed by atoms with Crippen LogP contribution in [0.3, 0.4) is 0 Å². The molecule has 0 saturated carbocycles. The lowest BCUT2D eigenvalue weighted by molar-refractivity contribution is -0.189. The number of hydrogen-bond acceptors (Lipinski definition) is 2. The predicted molar refractivity (Wildman–Crippen MR) is 58.1 cm³/mol. The molecule has 2 nitrogen and oxygen atoms in total. The Morgan fingerprint density at radius 3 is 2.60 bits per heavy atom. The second-order valence-corrected chi connectivity index (χ2v) is 4.40. The third-order valence-corrected chi connectivity index (χ3v) is 2.38. The van der Waals surface area contributed by atoms with Crippen molar-refractivity contribution in [2.75, 3.05) is 0 Å². The van der Waals surface area contributed by atoms with Crippen molar-refractivity contribution in [3.8, 4) is 5.88 Å². The van der Waals surface area contributed by atoms with E-state index >= 15 is 0 Å². The average molecular weight is 351 g/mol. The summed E-state index contributed by atoms with van der Waals surface area (Å²) in [5, 5.41) is 0.0676. The summed E-state index contributed by atoms with van der Waals surface area (Å²) in [7, 11) is 0. The quantitative estimate of drug-likeness (QED) is 0.759. The number of halogens is 5. The van der Waals surface area contributed by atoms with Crippen molar-refractivity contribution in [1.82, 2.24) is 4.98 Å². The van der Waals surface area contributed by atoms with Crippen molar-refractivity contribution in [2.24, 2.45) is 0 Å². The van der Waals surface area contributed by atoms with Gasteiger partial charge in [0, 0.05) is 9.77 Å². The fourth-order valence-corrected chi connectivity index (χ4v) is 1.57. The van der Waals surface area contributed by atoms with Crippen LogP contribution in [0, 0.1) is 3.57 Å². The van der Waals surface area contributed by atoms with E-state index in [9.17, 15) is 13.2 Å². The zero-order valence-corrected chi connectivity index (χ0v) is 10.4. The fraction of sp³-hybridized carbons (Fsp3) is 0.375. The molecule has 1 rings (SSSR count). The number of aromatic nitrogens is 1. The van der Waals surface area contributed by atoms with Gasteiger partial charge < -0.3 is 4.74 Å². The van der Waals surface area contributed by atoms with Gasteiger partial charge in [0.25, 0.3) is 0 Å². The van der Waals surface area contributed by atoms with E-state index in [-0.39, 0.29) is 10.9 Å². The van der Waals surface area contributed by atoms with Crippen LogP contribution in [0.25, 0.3) is 0 Å². The summed E-state index contributed by atoms with van der Waals surface area (Å²) in [5.41, 5.74) is 0. The lowest BCUT2D eigenvalue weighted by Gasteiger charge is -2.17. The molecule has 0 aromatic carbocycles. The Morgan fingerprint density at radius 2 is 2.13 bits per heavy atom. The van der Waals surface area contributed by atoms with E-state index in [1.807, 2.05) is 22.6 Å². The van der Waals surface area contributed by atoms with E-state index in [4.69, 9.17) is 11.6 Å². The summed E-state index contributed by atoms with van der Waals surface area (Å²) >= 11 is 7.61. The summed E-state index contributed by atoms with van der Waals surface area (Å²) in [4.78, 5) is 3.67. The zero-order chi connectivity index (χ0) is 11.6. The highest BCUT2D eigenvalue weighted by Crippen LogP contribution is 2.28. The maximum atomic E-state index is 12.1. The number of pyridine rings is 1. The van der Waals surface area contributed by atoms with Crippen molar-refractivity contribution < 1.29 is 17.9 Å². The second kappa shape index (κ2) is 4.73. The molecule has 0 radical (unpaired) electrons. The zero-order valence-electron chi connectivity index (χ0n) is 7.48. The molecule has 15 heavy (non-hydrogen) atoms. The molecule has 0 amide bonds. The Bertz CT molecular complexity index is 358. The first-order valence-corrected chi connectivity index (χ1v) is 5.31. The summed E-state index contributed by atoms with van der Waals surface area (Å²) in [6.07, 6.45) is -4.97. The summed E-state index contributed by atoms with van der Waals surface area (Å²) in [6.45, 7) is 0.899. The largest absolute Gasteiger partial charge is 0.464 e. The van der Waals surface area contributed by atoms with Crippen LogP contribution >= 0.6 is 34.2 Å². The number of nitrogens with zero attached hydrogens (tertiary/aromatic N) is 1. The van der Waals surface area contributed by atoms with Crippen LogP contribution in [0.5, 0.6) is 5.88 Å². The molecule has 0 aliphatic heterocycles. The first-order chi connectivity index (χ1) is 6.80. The van der Waals surface area contributed by atoms with Crippen LogP contribution in [0.4, 0.5) is 13.2 Å². The standard InChI is InChI=1S/C8H6ClF3INO/c1-4(8(10,11)12)15-7-6(9)2-5(13)3-14-7/h2-4H,1H3/t4-/m0/s1. The van der Waals surface area contributed by atoms with Gasteiger partial charge in [-0.3, -0.25) is 0 Å². The van der Waals surface area contributed by atoms with Crippen molar-refractivity contribution in [3.05, 3.63) is 20.9 Å². The Hall–Kier alpha value is -0.240. The maximum Gasteiger partial charge on any atom is 0.425 e. The first kappa shape index (κ1) is 12.8. The van der Waals surface area contributed by atoms with E-state index in [2.05, 4.69) is 9.72 Å². The maximum absolute atomic E-state index is 12.1. The molecule has 1 aromatic heterocycles. The van der Waals surface area contributed by atoms with Crippen LogP contribution in [0.1, 0.15) is 6.92 Å². The van der Waals surface area contributed by atoms with Crippen molar-refractivity contribution >= 4 is 34.2 Å². The minimum absolute atomic E-state index is 0.0676. The van der Waals surface area contributed by atoms with Gasteiger partial charge in [0.15, 0.2) is 6.10 Å². The molecule has 0 aliphatic rings. The molecule has 1 heterocycles. The van der Waals surface area contributed by atoms with E-state index in [1.165, 1.54) is 12.3 Å². The van der Waals surface area contributed by atoms with Crippen LogP contribution in [-0.4, -0.2) is 17.3 Å². The van der Waals surface area contributed by atoms with Gasteiger partial charge in [-0.1, -0.05) is 11.6 Å². The molecular formula is C8H6ClF3INO. The summed E-state index contributed by atoms with van der Waals surface area (Å²) in [6, 6.07) is 1.48. The van der Waals surface area contributed by atoms with E-state index in [1.54, 1.807) is 0 Å². The normalized spacial score (nSPS) is 13.7. The molecule has 0 aliphatic carbocycles. The third-order valence-electron chi connectivity index (χ3n) is 1.52. The van der Waals surface area contributed by atoms with Gasteiger partial charge in [-0.15, -0.1) is 0 Å². The molecule has 0 bridgehead atoms. The molecule has 0 N–H and O–H groups in total. The highest BCUT2D eigenvalue weighted by Gasteiger charge is 2.38. The van der Waals surface area contributed by atoms with Crippen molar-refractivity contribution in [2.45, 2.75) is 19.2 Å². The number of hydrogen-bond donors (Lipinski definition) is 0. The number of ether oxygens (including phenoxy) is 1. The highest BCUT2D eigenvalue weighted by atomic mass is 127. The Labute approximate surface area is 103 Å². The molecule has 1 aromatic rings. The molecule has 0 unspecified atom stereocenters. The van der Waals surface area contributed by atoms with Crippen LogP contribution < -0.4 is 4.74 Å². The molecular weight excluding hydrogens is 345 g/mol. The SMILES string of the molecule is C[C@H](Oc1ncc(I)cc1Cl)C(F)(F)F. The van der Waals surface area contributed by atoms with Crippen LogP contribution in [0.15, 0.2) is 12.3 Å². The molecule has 0 fully saturated rings. The lowest BCUT2D eigenvalue weighted by Crippen LogP contribution is -2.31. The Kier molecular flexibility index (Phi) is 4.05. The lowest BCUT2D eigenvalue weighted by atomic mass is 10.4. The molecule has 0 saturated heterocycles. The van der Waals surface area contributed by atoms with Gasteiger partial charge in [0.1, 0.15) is 5.02 Å². The molecule has 84 valence electrons. The van der Waals surface area contributed by atoms with Gasteiger partial charge >= 0.3 is 6.18 Å². The summed E-state index contributed by atoms with van der Waals surface area (Å²) in [5.74, 6) is -0.207. The van der Waals surface area contributed by atoms with Gasteiger partial charge in [0.2, 0.25) is 5.88 Å². The fourth-order valence-electron chi connectivity index (χ4n) is 0.723. The molecule has 7 heteroatoms. The monoisotopic (exact) mass is 351 g/mol. The van der Waals surface area contributed by atoms with Gasteiger partial charge in [-0.2, -0.15) is 13.2 Å². The topological polar surface area (TPSA) is 22.1 Å². The van der Waals surface area contributed by atoms with Crippen LogP contribution in [-0.2, 0) is 0 Å². The summed E-state index contributed by atoms with van der Waals surface area (Å²) < 4.78 is 41.8. The van der Waals surface area contributed by atoms with Gasteiger partial charge in [0.05, 0.1) is 0 Å². The Balaban J connectivity index is 2.82.